The van der Waals surface area contributed by atoms with Crippen molar-refractivity contribution in [2.24, 2.45) is 17.8 Å². The summed E-state index contributed by atoms with van der Waals surface area (Å²) in [7, 11) is 4.22. The number of hydrogen-bond acceptors (Lipinski definition) is 11. The number of aromatic amines is 2. The molecule has 0 spiro atoms. The van der Waals surface area contributed by atoms with Crippen LogP contribution in [0.4, 0.5) is 9.59 Å². The summed E-state index contributed by atoms with van der Waals surface area (Å²) in [6, 6.07) is 11.9. The number of carbonyl (C=O) groups excluding carboxylic acids is 4. The Labute approximate surface area is 392 Å². The summed E-state index contributed by atoms with van der Waals surface area (Å²) in [5.41, 5.74) is 6.36. The first kappa shape index (κ1) is 48.7. The fourth-order valence-corrected chi connectivity index (χ4v) is 9.41. The van der Waals surface area contributed by atoms with Crippen LogP contribution in [0.5, 0.6) is 5.75 Å². The zero-order chi connectivity index (χ0) is 48.1. The third-order valence-electron chi connectivity index (χ3n) is 13.4. The second kappa shape index (κ2) is 21.2. The lowest BCUT2D eigenvalue weighted by molar-refractivity contribution is -0.140. The zero-order valence-corrected chi connectivity index (χ0v) is 40.4. The number of fused-ring (bicyclic) bond motifs is 6. The van der Waals surface area contributed by atoms with Gasteiger partial charge in [-0.2, -0.15) is 0 Å². The van der Waals surface area contributed by atoms with Gasteiger partial charge in [0.1, 0.15) is 36.1 Å². The van der Waals surface area contributed by atoms with E-state index in [0.29, 0.717) is 63.9 Å². The van der Waals surface area contributed by atoms with Crippen LogP contribution in [0.15, 0.2) is 48.7 Å². The molecule has 2 aliphatic rings. The molecule has 360 valence electrons. The van der Waals surface area contributed by atoms with Gasteiger partial charge in [0, 0.05) is 43.9 Å². The van der Waals surface area contributed by atoms with E-state index in [9.17, 15) is 19.2 Å². The molecule has 4 N–H and O–H groups in total. The van der Waals surface area contributed by atoms with Crippen LogP contribution in [0.3, 0.4) is 0 Å². The third kappa shape index (κ3) is 10.4. The molecule has 0 aliphatic carbocycles. The summed E-state index contributed by atoms with van der Waals surface area (Å²) in [6.45, 7) is 15.9. The Morgan fingerprint density at radius 2 is 1.58 bits per heavy atom. The summed E-state index contributed by atoms with van der Waals surface area (Å²) >= 11 is 0. The monoisotopic (exact) mass is 922 g/mol. The number of hydrogen-bond donors (Lipinski definition) is 4. The van der Waals surface area contributed by atoms with Gasteiger partial charge in [-0.1, -0.05) is 45.9 Å². The standard InChI is InChI=1S/C50H66N8O9/c1-11-29(5)58(48(60)42(27(2)3)55-49(61)64-9)31(7)45-51-23-40(53-45)34-12-14-36-35(20-34)26-67-41-22-37-33(21-38(36)41)13-15-39-44(37)54-46(52-39)30(6)57(24-28(4)25-63-8)47(59)43(56-50(62)65-10)32-16-18-66-19-17-32/h12-15,20-23,27-32,42-43H,11,16-19,24-26H2,1-10H3,(H,51,53)(H,52,54)(H,55,61)(H,56,62)/t28-,29-,30-,31-,42-,43-/m0/s1. The first-order valence-electron chi connectivity index (χ1n) is 23.3. The van der Waals surface area contributed by atoms with Crippen LogP contribution in [0.2, 0.25) is 0 Å². The number of ether oxygens (including phenoxy) is 5. The van der Waals surface area contributed by atoms with Gasteiger partial charge in [0.25, 0.3) is 0 Å². The molecule has 17 nitrogen and oxygen atoms in total. The van der Waals surface area contributed by atoms with E-state index in [2.05, 4.69) is 57.0 Å². The first-order valence-corrected chi connectivity index (χ1v) is 23.3. The molecule has 3 aromatic carbocycles. The molecule has 4 heterocycles. The number of H-pyrrole nitrogens is 2. The summed E-state index contributed by atoms with van der Waals surface area (Å²) in [4.78, 5) is 73.8. The van der Waals surface area contributed by atoms with Crippen LogP contribution >= 0.6 is 0 Å². The minimum atomic E-state index is -0.799. The van der Waals surface area contributed by atoms with Crippen molar-refractivity contribution < 1.29 is 42.9 Å². The highest BCUT2D eigenvalue weighted by Crippen LogP contribution is 2.43. The zero-order valence-electron chi connectivity index (χ0n) is 40.4. The van der Waals surface area contributed by atoms with E-state index < -0.39 is 36.4 Å². The van der Waals surface area contributed by atoms with E-state index in [1.165, 1.54) is 14.2 Å². The lowest BCUT2D eigenvalue weighted by atomic mass is 9.90. The molecule has 5 aromatic rings. The van der Waals surface area contributed by atoms with Crippen LogP contribution in [0.25, 0.3) is 44.2 Å². The SMILES string of the molecule is CC[C@H](C)N(C(=O)[C@@H](NC(=O)OC)C(C)C)[C@@H](C)c1ncc(-c2ccc3c(c2)COc2cc4c(ccc5nc([C@H](C)N(C[C@H](C)COC)C(=O)[C@@H](NC(=O)OC)C6CCOCC6)[nH]c54)cc2-3)[nH]1. The smallest absolute Gasteiger partial charge is 0.407 e. The van der Waals surface area contributed by atoms with E-state index >= 15 is 0 Å². The number of carbonyl (C=O) groups is 4. The van der Waals surface area contributed by atoms with Gasteiger partial charge in [-0.05, 0) is 104 Å². The summed E-state index contributed by atoms with van der Waals surface area (Å²) in [5, 5.41) is 7.49. The fourth-order valence-electron chi connectivity index (χ4n) is 9.41. The Morgan fingerprint density at radius 3 is 2.27 bits per heavy atom. The number of aromatic nitrogens is 4. The van der Waals surface area contributed by atoms with Gasteiger partial charge >= 0.3 is 12.2 Å². The van der Waals surface area contributed by atoms with Gasteiger partial charge in [0.2, 0.25) is 11.8 Å². The van der Waals surface area contributed by atoms with Crippen molar-refractivity contribution >= 4 is 45.8 Å². The van der Waals surface area contributed by atoms with Crippen molar-refractivity contribution in [3.63, 3.8) is 0 Å². The van der Waals surface area contributed by atoms with Gasteiger partial charge in [-0.25, -0.2) is 19.6 Å². The molecule has 1 fully saturated rings. The van der Waals surface area contributed by atoms with Gasteiger partial charge in [-0.15, -0.1) is 0 Å². The molecule has 4 amide bonds. The van der Waals surface area contributed by atoms with Crippen molar-refractivity contribution in [2.75, 3.05) is 47.7 Å². The maximum atomic E-state index is 14.6. The Kier molecular flexibility index (Phi) is 15.4. The Morgan fingerprint density at radius 1 is 0.851 bits per heavy atom. The van der Waals surface area contributed by atoms with Gasteiger partial charge < -0.3 is 54.1 Å². The maximum absolute atomic E-state index is 14.6. The van der Waals surface area contributed by atoms with E-state index in [1.54, 1.807) is 23.1 Å². The average molecular weight is 923 g/mol. The number of benzene rings is 3. The Hall–Kier alpha value is -6.20. The number of amides is 4. The normalized spacial score (nSPS) is 16.5. The maximum Gasteiger partial charge on any atom is 0.407 e. The second-order valence-electron chi connectivity index (χ2n) is 18.3. The van der Waals surface area contributed by atoms with E-state index in [1.807, 2.05) is 54.5 Å². The molecular weight excluding hydrogens is 857 g/mol. The molecule has 2 aliphatic heterocycles. The molecule has 0 radical (unpaired) electrons. The van der Waals surface area contributed by atoms with Crippen LogP contribution < -0.4 is 15.4 Å². The molecule has 2 aromatic heterocycles. The van der Waals surface area contributed by atoms with Gasteiger partial charge in [-0.3, -0.25) is 9.59 Å². The lowest BCUT2D eigenvalue weighted by Crippen LogP contribution is -2.54. The fraction of sp³-hybridized carbons (Fsp3) is 0.520. The van der Waals surface area contributed by atoms with Crippen LogP contribution in [-0.2, 0) is 35.1 Å². The van der Waals surface area contributed by atoms with Crippen molar-refractivity contribution in [2.45, 2.75) is 105 Å². The average Bonchev–Trinajstić information content (AvgIpc) is 4.02. The molecule has 0 bridgehead atoms. The van der Waals surface area contributed by atoms with E-state index in [-0.39, 0.29) is 35.6 Å². The first-order chi connectivity index (χ1) is 32.2. The molecule has 6 atom stereocenters. The topological polar surface area (TPSA) is 202 Å². The summed E-state index contributed by atoms with van der Waals surface area (Å²) < 4.78 is 27.3. The van der Waals surface area contributed by atoms with Crippen LogP contribution in [0.1, 0.15) is 97.0 Å². The minimum absolute atomic E-state index is 0.00269. The summed E-state index contributed by atoms with van der Waals surface area (Å²) in [6.07, 6.45) is 2.47. The highest BCUT2D eigenvalue weighted by Gasteiger charge is 2.38. The summed E-state index contributed by atoms with van der Waals surface area (Å²) in [5.74, 6) is 1.31. The third-order valence-corrected chi connectivity index (χ3v) is 13.4. The molecule has 0 saturated carbocycles. The highest BCUT2D eigenvalue weighted by atomic mass is 16.5. The van der Waals surface area contributed by atoms with Gasteiger partial charge in [0.05, 0.1) is 55.8 Å². The van der Waals surface area contributed by atoms with Crippen LogP contribution in [-0.4, -0.2) is 120 Å². The molecule has 0 unspecified atom stereocenters. The Bertz CT molecular complexity index is 2570. The largest absolute Gasteiger partial charge is 0.488 e. The van der Waals surface area contributed by atoms with Crippen molar-refractivity contribution in [1.82, 2.24) is 40.4 Å². The number of alkyl carbamates (subject to hydrolysis) is 2. The van der Waals surface area contributed by atoms with Gasteiger partial charge in [0.15, 0.2) is 0 Å². The lowest BCUT2D eigenvalue weighted by Gasteiger charge is -2.37. The number of rotatable bonds is 17. The predicted molar refractivity (Wildman–Crippen MR) is 254 cm³/mol. The number of nitrogens with one attached hydrogen (secondary N) is 4. The quantitative estimate of drug-likeness (QED) is 0.0703. The number of methoxy groups -OCH3 is 3. The minimum Gasteiger partial charge on any atom is -0.488 e. The van der Waals surface area contributed by atoms with E-state index in [4.69, 9.17) is 33.7 Å². The number of nitrogens with zero attached hydrogens (tertiary/aromatic N) is 4. The second-order valence-corrected chi connectivity index (χ2v) is 18.3. The van der Waals surface area contributed by atoms with Crippen LogP contribution in [0, 0.1) is 17.8 Å². The van der Waals surface area contributed by atoms with Crippen molar-refractivity contribution in [3.8, 4) is 28.1 Å². The Balaban J connectivity index is 1.15. The molecular formula is C50H66N8O9. The van der Waals surface area contributed by atoms with E-state index in [0.717, 1.165) is 55.5 Å². The molecule has 1 saturated heterocycles. The molecule has 17 heteroatoms. The van der Waals surface area contributed by atoms with Crippen molar-refractivity contribution in [3.05, 3.63) is 65.9 Å². The molecule has 7 rings (SSSR count). The molecule has 67 heavy (non-hydrogen) atoms. The van der Waals surface area contributed by atoms with Crippen molar-refractivity contribution in [1.29, 1.82) is 0 Å². The number of imidazole rings is 2. The predicted octanol–water partition coefficient (Wildman–Crippen LogP) is 8.06. The highest BCUT2D eigenvalue weighted by molar-refractivity contribution is 6.07.